The lowest BCUT2D eigenvalue weighted by atomic mass is 10.3. The van der Waals surface area contributed by atoms with E-state index in [0.29, 0.717) is 21.4 Å². The van der Waals surface area contributed by atoms with Gasteiger partial charge in [0, 0.05) is 21.4 Å². The highest BCUT2D eigenvalue weighted by molar-refractivity contribution is 6.44. The molecule has 0 atom stereocenters. The molecule has 0 unspecified atom stereocenters. The van der Waals surface area contributed by atoms with Gasteiger partial charge < -0.3 is 10.6 Å². The minimum atomic E-state index is -0.785. The maximum atomic E-state index is 11.7. The fraction of sp³-hybridized carbons (Fsp3) is 0. The summed E-state index contributed by atoms with van der Waals surface area (Å²) in [6.45, 7) is 0. The first kappa shape index (κ1) is 14.4. The third kappa shape index (κ3) is 3.98. The van der Waals surface area contributed by atoms with E-state index in [9.17, 15) is 9.59 Å². The van der Waals surface area contributed by atoms with Crippen LogP contribution in [0.1, 0.15) is 0 Å². The van der Waals surface area contributed by atoms with Gasteiger partial charge in [0.05, 0.1) is 0 Å². The molecule has 20 heavy (non-hydrogen) atoms. The van der Waals surface area contributed by atoms with Crippen molar-refractivity contribution < 1.29 is 9.59 Å². The van der Waals surface area contributed by atoms with E-state index in [4.69, 9.17) is 23.2 Å². The Balaban J connectivity index is 2.01. The van der Waals surface area contributed by atoms with Crippen LogP contribution in [0.25, 0.3) is 0 Å². The Morgan fingerprint density at radius 2 is 1.15 bits per heavy atom. The quantitative estimate of drug-likeness (QED) is 0.833. The maximum absolute atomic E-state index is 11.7. The van der Waals surface area contributed by atoms with Crippen molar-refractivity contribution in [3.63, 3.8) is 0 Å². The molecule has 0 bridgehead atoms. The summed E-state index contributed by atoms with van der Waals surface area (Å²) >= 11 is 11.6. The van der Waals surface area contributed by atoms with Gasteiger partial charge in [-0.15, -0.1) is 0 Å². The van der Waals surface area contributed by atoms with Crippen molar-refractivity contribution in [3.05, 3.63) is 58.6 Å². The highest BCUT2D eigenvalue weighted by Crippen LogP contribution is 2.16. The largest absolute Gasteiger partial charge is 0.318 e. The molecule has 0 radical (unpaired) electrons. The van der Waals surface area contributed by atoms with E-state index in [1.807, 2.05) is 0 Å². The van der Waals surface area contributed by atoms with Crippen LogP contribution in [-0.2, 0) is 9.59 Å². The van der Waals surface area contributed by atoms with Crippen molar-refractivity contribution in [1.82, 2.24) is 0 Å². The van der Waals surface area contributed by atoms with Gasteiger partial charge in [0.1, 0.15) is 0 Å². The molecule has 0 aliphatic rings. The van der Waals surface area contributed by atoms with Crippen molar-refractivity contribution in [1.29, 1.82) is 0 Å². The van der Waals surface area contributed by atoms with E-state index in [1.165, 1.54) is 0 Å². The Bertz CT molecular complexity index is 602. The molecule has 2 aromatic carbocycles. The fourth-order valence-electron chi connectivity index (χ4n) is 1.51. The molecule has 0 spiro atoms. The molecule has 0 fully saturated rings. The summed E-state index contributed by atoms with van der Waals surface area (Å²) in [5.41, 5.74) is 0.896. The lowest BCUT2D eigenvalue weighted by molar-refractivity contribution is -0.132. The Morgan fingerprint density at radius 3 is 1.50 bits per heavy atom. The van der Waals surface area contributed by atoms with Gasteiger partial charge >= 0.3 is 11.8 Å². The van der Waals surface area contributed by atoms with Gasteiger partial charge in [0.15, 0.2) is 0 Å². The van der Waals surface area contributed by atoms with E-state index in [2.05, 4.69) is 10.6 Å². The van der Waals surface area contributed by atoms with E-state index < -0.39 is 11.8 Å². The number of hydrogen-bond donors (Lipinski definition) is 2. The summed E-state index contributed by atoms with van der Waals surface area (Å²) in [7, 11) is 0. The van der Waals surface area contributed by atoms with Crippen molar-refractivity contribution >= 4 is 46.4 Å². The molecule has 0 heterocycles. The van der Waals surface area contributed by atoms with Crippen molar-refractivity contribution in [2.75, 3.05) is 10.6 Å². The topological polar surface area (TPSA) is 58.2 Å². The number of hydrogen-bond acceptors (Lipinski definition) is 2. The second-order valence-corrected chi connectivity index (χ2v) is 4.80. The molecule has 0 aromatic heterocycles. The second-order valence-electron chi connectivity index (χ2n) is 3.93. The smallest absolute Gasteiger partial charge is 0.314 e. The zero-order chi connectivity index (χ0) is 14.5. The first-order valence-electron chi connectivity index (χ1n) is 5.68. The third-order valence-electron chi connectivity index (χ3n) is 2.37. The number of anilines is 2. The van der Waals surface area contributed by atoms with Crippen LogP contribution in [0, 0.1) is 0 Å². The molecule has 0 saturated heterocycles. The highest BCUT2D eigenvalue weighted by Gasteiger charge is 2.14. The number of benzene rings is 2. The van der Waals surface area contributed by atoms with Crippen molar-refractivity contribution in [3.8, 4) is 0 Å². The predicted octanol–water partition coefficient (Wildman–Crippen LogP) is 3.57. The molecule has 2 amide bonds. The van der Waals surface area contributed by atoms with Gasteiger partial charge in [-0.3, -0.25) is 9.59 Å². The van der Waals surface area contributed by atoms with E-state index in [1.54, 1.807) is 48.5 Å². The molecule has 0 aliphatic carbocycles. The number of carbonyl (C=O) groups excluding carboxylic acids is 2. The Hall–Kier alpha value is -2.04. The van der Waals surface area contributed by atoms with E-state index in [-0.39, 0.29) is 0 Å². The number of halogens is 2. The number of nitrogens with one attached hydrogen (secondary N) is 2. The van der Waals surface area contributed by atoms with E-state index in [0.717, 1.165) is 0 Å². The van der Waals surface area contributed by atoms with Gasteiger partial charge in [-0.1, -0.05) is 35.3 Å². The maximum Gasteiger partial charge on any atom is 0.314 e. The molecule has 102 valence electrons. The Kier molecular flexibility index (Phi) is 4.61. The predicted molar refractivity (Wildman–Crippen MR) is 80.2 cm³/mol. The lowest BCUT2D eigenvalue weighted by Crippen LogP contribution is -2.29. The van der Waals surface area contributed by atoms with Crippen LogP contribution in [-0.4, -0.2) is 11.8 Å². The van der Waals surface area contributed by atoms with Crippen molar-refractivity contribution in [2.24, 2.45) is 0 Å². The van der Waals surface area contributed by atoms with Gasteiger partial charge in [0.2, 0.25) is 0 Å². The Labute approximate surface area is 125 Å². The first-order valence-corrected chi connectivity index (χ1v) is 6.43. The zero-order valence-electron chi connectivity index (χ0n) is 10.2. The molecule has 0 aliphatic heterocycles. The SMILES string of the molecule is O=C(Nc1cccc(Cl)c1)C(=O)Nc1cccc(Cl)c1. The summed E-state index contributed by atoms with van der Waals surface area (Å²) in [5.74, 6) is -1.57. The summed E-state index contributed by atoms with van der Waals surface area (Å²) in [6, 6.07) is 13.1. The summed E-state index contributed by atoms with van der Waals surface area (Å²) < 4.78 is 0. The minimum absolute atomic E-state index is 0.448. The minimum Gasteiger partial charge on any atom is -0.318 e. The Morgan fingerprint density at radius 1 is 0.750 bits per heavy atom. The van der Waals surface area contributed by atoms with Gasteiger partial charge in [-0.25, -0.2) is 0 Å². The zero-order valence-corrected chi connectivity index (χ0v) is 11.7. The number of rotatable bonds is 2. The molecule has 4 nitrogen and oxygen atoms in total. The number of amides is 2. The molecule has 2 N–H and O–H groups in total. The van der Waals surface area contributed by atoms with Crippen LogP contribution in [0.3, 0.4) is 0 Å². The second kappa shape index (κ2) is 6.41. The molecular formula is C14H10Cl2N2O2. The first-order chi connectivity index (χ1) is 9.54. The molecule has 2 rings (SSSR count). The molecule has 0 saturated carbocycles. The van der Waals surface area contributed by atoms with E-state index >= 15 is 0 Å². The molecule has 6 heteroatoms. The van der Waals surface area contributed by atoms with Crippen LogP contribution < -0.4 is 10.6 Å². The summed E-state index contributed by atoms with van der Waals surface area (Å²) in [5, 5.41) is 5.84. The standard InChI is InChI=1S/C14H10Cl2N2O2/c15-9-3-1-5-11(7-9)17-13(19)14(20)18-12-6-2-4-10(16)8-12/h1-8H,(H,17,19)(H,18,20). The van der Waals surface area contributed by atoms with Gasteiger partial charge in [-0.05, 0) is 36.4 Å². The monoisotopic (exact) mass is 308 g/mol. The molecular weight excluding hydrogens is 299 g/mol. The van der Waals surface area contributed by atoms with Crippen LogP contribution in [0.5, 0.6) is 0 Å². The average Bonchev–Trinajstić information content (AvgIpc) is 2.38. The van der Waals surface area contributed by atoms with Gasteiger partial charge in [-0.2, -0.15) is 0 Å². The third-order valence-corrected chi connectivity index (χ3v) is 2.84. The number of carbonyl (C=O) groups is 2. The fourth-order valence-corrected chi connectivity index (χ4v) is 1.89. The van der Waals surface area contributed by atoms with Gasteiger partial charge in [0.25, 0.3) is 0 Å². The van der Waals surface area contributed by atoms with Crippen LogP contribution in [0.4, 0.5) is 11.4 Å². The summed E-state index contributed by atoms with van der Waals surface area (Å²) in [6.07, 6.45) is 0. The average molecular weight is 309 g/mol. The van der Waals surface area contributed by atoms with Crippen molar-refractivity contribution in [2.45, 2.75) is 0 Å². The molecule has 2 aromatic rings. The highest BCUT2D eigenvalue weighted by atomic mass is 35.5. The van der Waals surface area contributed by atoms with Crippen LogP contribution in [0.2, 0.25) is 10.0 Å². The van der Waals surface area contributed by atoms with Crippen LogP contribution in [0.15, 0.2) is 48.5 Å². The lowest BCUT2D eigenvalue weighted by Gasteiger charge is -2.07. The van der Waals surface area contributed by atoms with Crippen LogP contribution >= 0.6 is 23.2 Å². The normalized spacial score (nSPS) is 9.90. The summed E-state index contributed by atoms with van der Waals surface area (Å²) in [4.78, 5) is 23.4.